The zero-order valence-corrected chi connectivity index (χ0v) is 8.06. The molecule has 66 valence electrons. The van der Waals surface area contributed by atoms with Gasteiger partial charge in [-0.1, -0.05) is 0 Å². The summed E-state index contributed by atoms with van der Waals surface area (Å²) in [5, 5.41) is 0. The molecule has 0 unspecified atom stereocenters. The fourth-order valence-electron chi connectivity index (χ4n) is 1.25. The fraction of sp³-hybridized carbons (Fsp3) is 0.400. The van der Waals surface area contributed by atoms with Crippen LogP contribution in [-0.2, 0) is 0 Å². The highest BCUT2D eigenvalue weighted by atomic mass is 16.5. The van der Waals surface area contributed by atoms with E-state index >= 15 is 0 Å². The topological polar surface area (TPSA) is 35.2 Å². The summed E-state index contributed by atoms with van der Waals surface area (Å²) in [6.45, 7) is 6.13. The minimum atomic E-state index is 0.801. The molecule has 0 amide bonds. The fourth-order valence-corrected chi connectivity index (χ4v) is 1.25. The summed E-state index contributed by atoms with van der Waals surface area (Å²) in [6, 6.07) is 1.87. The van der Waals surface area contributed by atoms with Crippen molar-refractivity contribution in [2.75, 3.05) is 12.8 Å². The lowest BCUT2D eigenvalue weighted by atomic mass is 10.0. The summed E-state index contributed by atoms with van der Waals surface area (Å²) in [4.78, 5) is 0. The Hall–Kier alpha value is -1.18. The first-order valence-corrected chi connectivity index (χ1v) is 3.98. The van der Waals surface area contributed by atoms with E-state index in [0.717, 1.165) is 17.0 Å². The first-order valence-electron chi connectivity index (χ1n) is 3.98. The Kier molecular flexibility index (Phi) is 2.27. The number of nitrogens with two attached hydrogens (primary N) is 1. The molecule has 0 spiro atoms. The van der Waals surface area contributed by atoms with E-state index in [2.05, 4.69) is 6.92 Å². The zero-order valence-electron chi connectivity index (χ0n) is 8.06. The second-order valence-electron chi connectivity index (χ2n) is 3.04. The van der Waals surface area contributed by atoms with Crippen LogP contribution in [-0.4, -0.2) is 7.11 Å². The molecule has 0 aliphatic carbocycles. The van der Waals surface area contributed by atoms with Gasteiger partial charge in [-0.2, -0.15) is 0 Å². The van der Waals surface area contributed by atoms with Crippen molar-refractivity contribution in [3.8, 4) is 5.75 Å². The first-order chi connectivity index (χ1) is 5.57. The Bertz CT molecular complexity index is 305. The SMILES string of the molecule is COc1cc(N)c(C)c(C)c1C. The summed E-state index contributed by atoms with van der Waals surface area (Å²) in [5.74, 6) is 0.871. The lowest BCUT2D eigenvalue weighted by Gasteiger charge is -2.12. The quantitative estimate of drug-likeness (QED) is 0.647. The normalized spacial score (nSPS) is 10.0. The molecule has 0 aliphatic heterocycles. The second kappa shape index (κ2) is 3.05. The third kappa shape index (κ3) is 1.24. The lowest BCUT2D eigenvalue weighted by molar-refractivity contribution is 0.411. The molecule has 0 aliphatic rings. The number of methoxy groups -OCH3 is 1. The van der Waals surface area contributed by atoms with Crippen LogP contribution in [0.5, 0.6) is 5.75 Å². The molecule has 0 fully saturated rings. The van der Waals surface area contributed by atoms with Gasteiger partial charge < -0.3 is 10.5 Å². The van der Waals surface area contributed by atoms with Gasteiger partial charge in [0.2, 0.25) is 0 Å². The average Bonchev–Trinajstić information content (AvgIpc) is 2.08. The van der Waals surface area contributed by atoms with Gasteiger partial charge in [0.25, 0.3) is 0 Å². The van der Waals surface area contributed by atoms with Crippen molar-refractivity contribution in [3.63, 3.8) is 0 Å². The first kappa shape index (κ1) is 8.91. The molecule has 1 rings (SSSR count). The van der Waals surface area contributed by atoms with Crippen LogP contribution in [0.4, 0.5) is 5.69 Å². The molecule has 2 N–H and O–H groups in total. The molecule has 0 saturated heterocycles. The maximum atomic E-state index is 5.79. The largest absolute Gasteiger partial charge is 0.496 e. The van der Waals surface area contributed by atoms with E-state index < -0.39 is 0 Å². The standard InChI is InChI=1S/C10H15NO/c1-6-7(2)9(11)5-10(12-4)8(6)3/h5H,11H2,1-4H3. The third-order valence-electron chi connectivity index (χ3n) is 2.43. The van der Waals surface area contributed by atoms with E-state index in [0.29, 0.717) is 0 Å². The Labute approximate surface area is 73.3 Å². The van der Waals surface area contributed by atoms with Gasteiger partial charge in [0.15, 0.2) is 0 Å². The summed E-state index contributed by atoms with van der Waals surface area (Å²) in [6.07, 6.45) is 0. The molecule has 0 heterocycles. The smallest absolute Gasteiger partial charge is 0.124 e. The molecular formula is C10H15NO. The zero-order chi connectivity index (χ0) is 9.30. The van der Waals surface area contributed by atoms with Gasteiger partial charge in [0, 0.05) is 11.8 Å². The van der Waals surface area contributed by atoms with Crippen LogP contribution in [0.2, 0.25) is 0 Å². The molecule has 0 saturated carbocycles. The number of hydrogen-bond donors (Lipinski definition) is 1. The molecule has 0 bridgehead atoms. The molecule has 2 nitrogen and oxygen atoms in total. The number of rotatable bonds is 1. The van der Waals surface area contributed by atoms with E-state index in [-0.39, 0.29) is 0 Å². The van der Waals surface area contributed by atoms with Crippen molar-refractivity contribution in [1.82, 2.24) is 0 Å². The number of ether oxygens (including phenoxy) is 1. The average molecular weight is 165 g/mol. The Morgan fingerprint density at radius 3 is 2.17 bits per heavy atom. The van der Waals surface area contributed by atoms with Gasteiger partial charge in [-0.3, -0.25) is 0 Å². The predicted octanol–water partition coefficient (Wildman–Crippen LogP) is 2.20. The summed E-state index contributed by atoms with van der Waals surface area (Å²) in [5.41, 5.74) is 10.1. The molecule has 12 heavy (non-hydrogen) atoms. The van der Waals surface area contributed by atoms with Crippen molar-refractivity contribution in [1.29, 1.82) is 0 Å². The monoisotopic (exact) mass is 165 g/mol. The Morgan fingerprint density at radius 1 is 1.08 bits per heavy atom. The van der Waals surface area contributed by atoms with Crippen LogP contribution in [0.3, 0.4) is 0 Å². The van der Waals surface area contributed by atoms with E-state index in [1.165, 1.54) is 11.1 Å². The molecule has 2 heteroatoms. The van der Waals surface area contributed by atoms with Gasteiger partial charge in [0.1, 0.15) is 5.75 Å². The molecule has 1 aromatic rings. The maximum Gasteiger partial charge on any atom is 0.124 e. The van der Waals surface area contributed by atoms with Crippen molar-refractivity contribution in [2.45, 2.75) is 20.8 Å². The highest BCUT2D eigenvalue weighted by molar-refractivity contribution is 5.58. The van der Waals surface area contributed by atoms with Gasteiger partial charge >= 0.3 is 0 Å². The number of benzene rings is 1. The minimum absolute atomic E-state index is 0.801. The van der Waals surface area contributed by atoms with Crippen molar-refractivity contribution in [2.24, 2.45) is 0 Å². The lowest BCUT2D eigenvalue weighted by Crippen LogP contribution is -1.98. The van der Waals surface area contributed by atoms with Crippen LogP contribution in [0.15, 0.2) is 6.07 Å². The highest BCUT2D eigenvalue weighted by Crippen LogP contribution is 2.28. The van der Waals surface area contributed by atoms with Gasteiger partial charge in [-0.05, 0) is 37.5 Å². The van der Waals surface area contributed by atoms with E-state index in [1.807, 2.05) is 19.9 Å². The van der Waals surface area contributed by atoms with E-state index in [9.17, 15) is 0 Å². The van der Waals surface area contributed by atoms with Gasteiger partial charge in [-0.25, -0.2) is 0 Å². The van der Waals surface area contributed by atoms with Crippen molar-refractivity contribution in [3.05, 3.63) is 22.8 Å². The van der Waals surface area contributed by atoms with Crippen LogP contribution < -0.4 is 10.5 Å². The number of nitrogen functional groups attached to an aromatic ring is 1. The molecule has 0 atom stereocenters. The van der Waals surface area contributed by atoms with E-state index in [1.54, 1.807) is 7.11 Å². The van der Waals surface area contributed by atoms with Crippen molar-refractivity contribution < 1.29 is 4.74 Å². The molecular weight excluding hydrogens is 150 g/mol. The predicted molar refractivity (Wildman–Crippen MR) is 51.6 cm³/mol. The van der Waals surface area contributed by atoms with E-state index in [4.69, 9.17) is 10.5 Å². The summed E-state index contributed by atoms with van der Waals surface area (Å²) in [7, 11) is 1.66. The number of hydrogen-bond acceptors (Lipinski definition) is 2. The van der Waals surface area contributed by atoms with Crippen LogP contribution in [0.1, 0.15) is 16.7 Å². The van der Waals surface area contributed by atoms with Crippen LogP contribution in [0.25, 0.3) is 0 Å². The summed E-state index contributed by atoms with van der Waals surface area (Å²) >= 11 is 0. The molecule has 0 aromatic heterocycles. The molecule has 0 radical (unpaired) electrons. The number of anilines is 1. The third-order valence-corrected chi connectivity index (χ3v) is 2.43. The van der Waals surface area contributed by atoms with Gasteiger partial charge in [0.05, 0.1) is 7.11 Å². The van der Waals surface area contributed by atoms with Crippen LogP contribution >= 0.6 is 0 Å². The Balaban J connectivity index is 3.39. The minimum Gasteiger partial charge on any atom is -0.496 e. The molecule has 1 aromatic carbocycles. The highest BCUT2D eigenvalue weighted by Gasteiger charge is 2.06. The van der Waals surface area contributed by atoms with Crippen LogP contribution in [0, 0.1) is 20.8 Å². The van der Waals surface area contributed by atoms with Gasteiger partial charge in [-0.15, -0.1) is 0 Å². The summed E-state index contributed by atoms with van der Waals surface area (Å²) < 4.78 is 5.18. The maximum absolute atomic E-state index is 5.79. The second-order valence-corrected chi connectivity index (χ2v) is 3.04. The van der Waals surface area contributed by atoms with Crippen molar-refractivity contribution >= 4 is 5.69 Å². The Morgan fingerprint density at radius 2 is 1.67 bits per heavy atom.